The van der Waals surface area contributed by atoms with Crippen molar-refractivity contribution in [2.24, 2.45) is 5.92 Å². The van der Waals surface area contributed by atoms with Crippen LogP contribution in [0.1, 0.15) is 46.1 Å². The van der Waals surface area contributed by atoms with Gasteiger partial charge in [-0.2, -0.15) is 0 Å². The molecule has 0 heterocycles. The van der Waals surface area contributed by atoms with Gasteiger partial charge in [0.25, 0.3) is 0 Å². The Morgan fingerprint density at radius 1 is 1.17 bits per heavy atom. The van der Waals surface area contributed by atoms with Crippen molar-refractivity contribution in [2.45, 2.75) is 53.1 Å². The Hall–Kier alpha value is -2.04. The minimum Gasteiger partial charge on any atom is -0.497 e. The minimum atomic E-state index is -0.501. The lowest BCUT2D eigenvalue weighted by Gasteiger charge is -2.30. The number of benzene rings is 1. The van der Waals surface area contributed by atoms with E-state index in [1.807, 2.05) is 38.1 Å². The quantitative estimate of drug-likeness (QED) is 0.706. The largest absolute Gasteiger partial charge is 0.497 e. The van der Waals surface area contributed by atoms with Gasteiger partial charge in [-0.3, -0.25) is 9.59 Å². The molecule has 5 nitrogen and oxygen atoms in total. The highest BCUT2D eigenvalue weighted by molar-refractivity contribution is 5.88. The highest BCUT2D eigenvalue weighted by Crippen LogP contribution is 2.16. The average Bonchev–Trinajstić information content (AvgIpc) is 2.59. The number of carbonyl (C=O) groups is 2. The lowest BCUT2D eigenvalue weighted by atomic mass is 10.1. The second kappa shape index (κ2) is 9.96. The van der Waals surface area contributed by atoms with Crippen LogP contribution in [0.15, 0.2) is 24.3 Å². The Morgan fingerprint density at radius 3 is 2.29 bits per heavy atom. The molecule has 1 aromatic rings. The number of methoxy groups -OCH3 is 1. The molecular formula is C19H30N2O3. The Kier molecular flexibility index (Phi) is 8.30. The number of ether oxygens (including phenoxy) is 1. The van der Waals surface area contributed by atoms with Gasteiger partial charge in [0.15, 0.2) is 0 Å². The van der Waals surface area contributed by atoms with Gasteiger partial charge < -0.3 is 15.0 Å². The maximum atomic E-state index is 12.6. The number of carbonyl (C=O) groups excluding carboxylic acids is 2. The third-order valence-electron chi connectivity index (χ3n) is 3.97. The molecule has 0 aromatic heterocycles. The van der Waals surface area contributed by atoms with Crippen molar-refractivity contribution in [1.29, 1.82) is 0 Å². The van der Waals surface area contributed by atoms with Crippen molar-refractivity contribution in [3.63, 3.8) is 0 Å². The zero-order valence-corrected chi connectivity index (χ0v) is 15.5. The van der Waals surface area contributed by atoms with Crippen LogP contribution >= 0.6 is 0 Å². The average molecular weight is 334 g/mol. The molecule has 0 aliphatic heterocycles. The van der Waals surface area contributed by atoms with Crippen LogP contribution in [0.2, 0.25) is 0 Å². The molecule has 0 bridgehead atoms. The number of nitrogens with zero attached hydrogens (tertiary/aromatic N) is 1. The van der Waals surface area contributed by atoms with Crippen LogP contribution in [-0.2, 0) is 16.1 Å². The molecule has 0 spiro atoms. The Bertz CT molecular complexity index is 526. The molecule has 0 saturated heterocycles. The summed E-state index contributed by atoms with van der Waals surface area (Å²) in [5, 5.41) is 2.91. The van der Waals surface area contributed by atoms with Crippen LogP contribution in [0.4, 0.5) is 0 Å². The molecule has 2 amide bonds. The summed E-state index contributed by atoms with van der Waals surface area (Å²) < 4.78 is 5.16. The summed E-state index contributed by atoms with van der Waals surface area (Å²) in [6.45, 7) is 8.62. The van der Waals surface area contributed by atoms with E-state index in [9.17, 15) is 9.59 Å². The van der Waals surface area contributed by atoms with E-state index in [-0.39, 0.29) is 17.7 Å². The summed E-state index contributed by atoms with van der Waals surface area (Å²) in [6.07, 6.45) is 1.96. The first kappa shape index (κ1) is 20.0. The molecule has 0 saturated carbocycles. The Labute approximate surface area is 145 Å². The van der Waals surface area contributed by atoms with Gasteiger partial charge >= 0.3 is 0 Å². The van der Waals surface area contributed by atoms with Crippen molar-refractivity contribution in [3.05, 3.63) is 29.8 Å². The summed E-state index contributed by atoms with van der Waals surface area (Å²) in [6, 6.07) is 7.06. The van der Waals surface area contributed by atoms with Crippen LogP contribution < -0.4 is 10.1 Å². The molecule has 0 unspecified atom stereocenters. The van der Waals surface area contributed by atoms with E-state index in [0.29, 0.717) is 13.1 Å². The summed E-state index contributed by atoms with van der Waals surface area (Å²) in [4.78, 5) is 26.6. The zero-order valence-electron chi connectivity index (χ0n) is 15.5. The number of hydrogen-bond donors (Lipinski definition) is 1. The molecule has 1 N–H and O–H groups in total. The van der Waals surface area contributed by atoms with E-state index in [0.717, 1.165) is 24.2 Å². The Balaban J connectivity index is 2.86. The second-order valence-electron chi connectivity index (χ2n) is 6.29. The molecule has 134 valence electrons. The van der Waals surface area contributed by atoms with Crippen LogP contribution in [0, 0.1) is 5.92 Å². The first-order chi connectivity index (χ1) is 11.4. The fraction of sp³-hybridized carbons (Fsp3) is 0.579. The van der Waals surface area contributed by atoms with Crippen LogP contribution in [0.3, 0.4) is 0 Å². The highest BCUT2D eigenvalue weighted by atomic mass is 16.5. The van der Waals surface area contributed by atoms with Gasteiger partial charge in [0, 0.05) is 19.0 Å². The fourth-order valence-corrected chi connectivity index (χ4v) is 2.34. The Morgan fingerprint density at radius 2 is 1.79 bits per heavy atom. The molecule has 0 fully saturated rings. The molecule has 1 atom stereocenters. The van der Waals surface area contributed by atoms with E-state index in [1.54, 1.807) is 18.9 Å². The third kappa shape index (κ3) is 5.87. The number of amides is 2. The molecular weight excluding hydrogens is 304 g/mol. The van der Waals surface area contributed by atoms with E-state index in [4.69, 9.17) is 4.74 Å². The number of nitrogens with one attached hydrogen (secondary N) is 1. The summed E-state index contributed by atoms with van der Waals surface area (Å²) in [5.41, 5.74) is 0.970. The van der Waals surface area contributed by atoms with Gasteiger partial charge in [0.2, 0.25) is 11.8 Å². The standard InChI is InChI=1S/C19H30N2O3/c1-6-7-12-20-18(22)15(4)21(19(23)14(2)3)13-16-8-10-17(24-5)11-9-16/h8-11,14-15H,6-7,12-13H2,1-5H3,(H,20,22)/t15-/m1/s1. The van der Waals surface area contributed by atoms with Crippen LogP contribution in [-0.4, -0.2) is 36.4 Å². The topological polar surface area (TPSA) is 58.6 Å². The maximum Gasteiger partial charge on any atom is 0.242 e. The summed E-state index contributed by atoms with van der Waals surface area (Å²) >= 11 is 0. The van der Waals surface area contributed by atoms with Crippen LogP contribution in [0.5, 0.6) is 5.75 Å². The van der Waals surface area contributed by atoms with Crippen molar-refractivity contribution in [2.75, 3.05) is 13.7 Å². The third-order valence-corrected chi connectivity index (χ3v) is 3.97. The molecule has 1 aromatic carbocycles. The summed E-state index contributed by atoms with van der Waals surface area (Å²) in [7, 11) is 1.62. The van der Waals surface area contributed by atoms with Gasteiger partial charge in [-0.05, 0) is 31.0 Å². The van der Waals surface area contributed by atoms with Gasteiger partial charge in [-0.25, -0.2) is 0 Å². The molecule has 5 heteroatoms. The van der Waals surface area contributed by atoms with E-state index in [1.165, 1.54) is 0 Å². The van der Waals surface area contributed by atoms with Gasteiger partial charge in [-0.15, -0.1) is 0 Å². The monoisotopic (exact) mass is 334 g/mol. The highest BCUT2D eigenvalue weighted by Gasteiger charge is 2.27. The fourth-order valence-electron chi connectivity index (χ4n) is 2.34. The molecule has 0 aliphatic carbocycles. The molecule has 0 radical (unpaired) electrons. The first-order valence-corrected chi connectivity index (χ1v) is 8.61. The second-order valence-corrected chi connectivity index (χ2v) is 6.29. The molecule has 1 rings (SSSR count). The normalized spacial score (nSPS) is 11.9. The molecule has 24 heavy (non-hydrogen) atoms. The number of hydrogen-bond acceptors (Lipinski definition) is 3. The predicted molar refractivity (Wildman–Crippen MR) is 95.8 cm³/mol. The smallest absolute Gasteiger partial charge is 0.242 e. The first-order valence-electron chi connectivity index (χ1n) is 8.61. The summed E-state index contributed by atoms with van der Waals surface area (Å²) in [5.74, 6) is 0.481. The zero-order chi connectivity index (χ0) is 18.1. The van der Waals surface area contributed by atoms with Crippen molar-refractivity contribution in [1.82, 2.24) is 10.2 Å². The number of rotatable bonds is 9. The number of unbranched alkanes of at least 4 members (excludes halogenated alkanes) is 1. The predicted octanol–water partition coefficient (Wildman–Crippen LogP) is 2.98. The van der Waals surface area contributed by atoms with E-state index < -0.39 is 6.04 Å². The van der Waals surface area contributed by atoms with Crippen molar-refractivity contribution in [3.8, 4) is 5.75 Å². The SMILES string of the molecule is CCCCNC(=O)[C@@H](C)N(Cc1ccc(OC)cc1)C(=O)C(C)C. The van der Waals surface area contributed by atoms with Crippen molar-refractivity contribution >= 4 is 11.8 Å². The van der Waals surface area contributed by atoms with Crippen LogP contribution in [0.25, 0.3) is 0 Å². The lowest BCUT2D eigenvalue weighted by molar-refractivity contribution is -0.143. The van der Waals surface area contributed by atoms with Crippen molar-refractivity contribution < 1.29 is 14.3 Å². The van der Waals surface area contributed by atoms with Gasteiger partial charge in [0.05, 0.1) is 7.11 Å². The maximum absolute atomic E-state index is 12.6. The molecule has 0 aliphatic rings. The van der Waals surface area contributed by atoms with Gasteiger partial charge in [0.1, 0.15) is 11.8 Å². The van der Waals surface area contributed by atoms with Gasteiger partial charge in [-0.1, -0.05) is 39.3 Å². The minimum absolute atomic E-state index is 0.0241. The van der Waals surface area contributed by atoms with E-state index >= 15 is 0 Å². The lowest BCUT2D eigenvalue weighted by Crippen LogP contribution is -2.49. The van der Waals surface area contributed by atoms with E-state index in [2.05, 4.69) is 12.2 Å².